The average molecular weight is 797 g/mol. The van der Waals surface area contributed by atoms with Crippen LogP contribution >= 0.6 is 30.4 Å². The van der Waals surface area contributed by atoms with Crippen molar-refractivity contribution in [1.29, 1.82) is 0 Å². The SMILES string of the molecule is CC(=O)N(CCN(CC(P(=O)(O)O)P(=O)(O)O)C(C)=O)Cc1cc(C)cc(CN(CCN(CC(P(=O)(O)O)P(=O)(O)O)C(C)=O)C(C)=O)c1O. The summed E-state index contributed by atoms with van der Waals surface area (Å²) in [5.41, 5.74) is 0.869. The van der Waals surface area contributed by atoms with Gasteiger partial charge >= 0.3 is 30.4 Å². The number of nitrogens with zero attached hydrogens (tertiary/aromatic N) is 4. The largest absolute Gasteiger partial charge is 0.507 e. The molecule has 0 saturated heterocycles. The number of benzene rings is 1. The number of aryl methyl sites for hydroxylation is 1. The summed E-state index contributed by atoms with van der Waals surface area (Å²) in [4.78, 5) is 129. The highest BCUT2D eigenvalue weighted by Crippen LogP contribution is 2.60. The van der Waals surface area contributed by atoms with Crippen molar-refractivity contribution in [2.75, 3.05) is 39.3 Å². The van der Waals surface area contributed by atoms with E-state index >= 15 is 0 Å². The molecule has 9 N–H and O–H groups in total. The van der Waals surface area contributed by atoms with E-state index < -0.39 is 91.0 Å². The Morgan fingerprint density at radius 3 is 1.00 bits per heavy atom. The number of hydrogen-bond acceptors (Lipinski definition) is 9. The van der Waals surface area contributed by atoms with Crippen LogP contribution in [0, 0.1) is 6.92 Å². The minimum Gasteiger partial charge on any atom is -0.507 e. The Morgan fingerprint density at radius 1 is 0.540 bits per heavy atom. The predicted molar refractivity (Wildman–Crippen MR) is 175 cm³/mol. The van der Waals surface area contributed by atoms with Crippen LogP contribution in [0.25, 0.3) is 0 Å². The van der Waals surface area contributed by atoms with Crippen LogP contribution in [0.3, 0.4) is 0 Å². The van der Waals surface area contributed by atoms with Crippen molar-refractivity contribution >= 4 is 54.0 Å². The van der Waals surface area contributed by atoms with Crippen molar-refractivity contribution in [1.82, 2.24) is 19.6 Å². The van der Waals surface area contributed by atoms with E-state index in [1.54, 1.807) is 6.92 Å². The number of hydrogen-bond donors (Lipinski definition) is 9. The maximum Gasteiger partial charge on any atom is 0.342 e. The molecular weight excluding hydrogens is 752 g/mol. The molecule has 0 aliphatic heterocycles. The fourth-order valence-corrected chi connectivity index (χ4v) is 9.51. The summed E-state index contributed by atoms with van der Waals surface area (Å²) in [6.07, 6.45) is 0. The summed E-state index contributed by atoms with van der Waals surface area (Å²) in [5.74, 6) is -3.11. The van der Waals surface area contributed by atoms with Crippen LogP contribution in [0.15, 0.2) is 12.1 Å². The molecule has 1 aromatic rings. The van der Waals surface area contributed by atoms with Gasteiger partial charge in [0.2, 0.25) is 23.6 Å². The number of carbonyl (C=O) groups is 4. The molecule has 0 aliphatic rings. The molecular formula is C25H44N4O17P4. The zero-order chi connectivity index (χ0) is 39.2. The molecule has 0 radical (unpaired) electrons. The first-order valence-electron chi connectivity index (χ1n) is 14.5. The Kier molecular flexibility index (Phi) is 16.2. The Morgan fingerprint density at radius 2 is 0.780 bits per heavy atom. The number of rotatable bonds is 18. The number of amides is 4. The van der Waals surface area contributed by atoms with Gasteiger partial charge in [-0.25, -0.2) is 0 Å². The highest BCUT2D eigenvalue weighted by Gasteiger charge is 2.46. The first kappa shape index (κ1) is 45.5. The van der Waals surface area contributed by atoms with Crippen LogP contribution in [-0.4, -0.2) is 138 Å². The Balaban J connectivity index is 3.28. The monoisotopic (exact) mass is 796 g/mol. The van der Waals surface area contributed by atoms with Gasteiger partial charge in [0.1, 0.15) is 5.75 Å². The Bertz CT molecular complexity index is 1460. The Hall–Kier alpha value is -2.50. The van der Waals surface area contributed by atoms with Crippen molar-refractivity contribution < 1.29 is 81.7 Å². The maximum atomic E-state index is 12.5. The zero-order valence-electron chi connectivity index (χ0n) is 27.8. The fourth-order valence-electron chi connectivity index (χ4n) is 4.73. The molecule has 0 unspecified atom stereocenters. The van der Waals surface area contributed by atoms with Gasteiger partial charge in [0.15, 0.2) is 10.8 Å². The molecule has 1 rings (SSSR count). The van der Waals surface area contributed by atoms with Crippen LogP contribution in [0.1, 0.15) is 44.4 Å². The molecule has 25 heteroatoms. The minimum atomic E-state index is -5.37. The van der Waals surface area contributed by atoms with Gasteiger partial charge in [-0.05, 0) is 6.92 Å². The van der Waals surface area contributed by atoms with Gasteiger partial charge in [-0.2, -0.15) is 0 Å². The van der Waals surface area contributed by atoms with Crippen LogP contribution in [0.2, 0.25) is 0 Å². The molecule has 286 valence electrons. The van der Waals surface area contributed by atoms with Gasteiger partial charge in [0.25, 0.3) is 0 Å². The van der Waals surface area contributed by atoms with Gasteiger partial charge in [-0.15, -0.1) is 0 Å². The van der Waals surface area contributed by atoms with E-state index in [0.29, 0.717) is 5.56 Å². The van der Waals surface area contributed by atoms with Crippen molar-refractivity contribution in [3.63, 3.8) is 0 Å². The van der Waals surface area contributed by atoms with E-state index in [4.69, 9.17) is 0 Å². The molecule has 21 nitrogen and oxygen atoms in total. The molecule has 50 heavy (non-hydrogen) atoms. The molecule has 0 bridgehead atoms. The number of phenols is 1. The van der Waals surface area contributed by atoms with E-state index in [1.165, 1.54) is 12.1 Å². The van der Waals surface area contributed by atoms with Crippen LogP contribution in [0.4, 0.5) is 0 Å². The van der Waals surface area contributed by atoms with Gasteiger partial charge in [0.05, 0.1) is 0 Å². The quantitative estimate of drug-likeness (QED) is 0.0842. The highest BCUT2D eigenvalue weighted by molar-refractivity contribution is 7.71. The number of carbonyl (C=O) groups excluding carboxylic acids is 4. The topological polar surface area (TPSA) is 332 Å². The zero-order valence-corrected chi connectivity index (χ0v) is 31.4. The normalized spacial score (nSPS) is 12.6. The van der Waals surface area contributed by atoms with E-state index in [0.717, 1.165) is 47.3 Å². The summed E-state index contributed by atoms with van der Waals surface area (Å²) in [5, 5.41) is 6.15. The average Bonchev–Trinajstić information content (AvgIpc) is 2.90. The van der Waals surface area contributed by atoms with E-state index in [2.05, 4.69) is 0 Å². The second-order valence-electron chi connectivity index (χ2n) is 11.6. The number of phenolic OH excluding ortho intramolecular Hbond substituents is 1. The highest BCUT2D eigenvalue weighted by atomic mass is 31.2. The van der Waals surface area contributed by atoms with Crippen LogP contribution < -0.4 is 0 Å². The van der Waals surface area contributed by atoms with Gasteiger partial charge in [0, 0.05) is 91.2 Å². The predicted octanol–water partition coefficient (Wildman–Crippen LogP) is -0.542. The van der Waals surface area contributed by atoms with E-state index in [1.807, 2.05) is 0 Å². The molecule has 0 aliphatic carbocycles. The third kappa shape index (κ3) is 14.3. The summed E-state index contributed by atoms with van der Waals surface area (Å²) in [7, 11) is -21.5. The molecule has 0 heterocycles. The minimum absolute atomic E-state index is 0.160. The summed E-state index contributed by atoms with van der Waals surface area (Å²) < 4.78 is 46.9. The Labute approximate surface area is 287 Å². The maximum absolute atomic E-state index is 12.5. The van der Waals surface area contributed by atoms with Crippen molar-refractivity contribution in [2.24, 2.45) is 0 Å². The lowest BCUT2D eigenvalue weighted by molar-refractivity contribution is -0.133. The van der Waals surface area contributed by atoms with Crippen LogP contribution in [0.5, 0.6) is 5.75 Å². The van der Waals surface area contributed by atoms with Gasteiger partial charge < -0.3 is 63.9 Å². The van der Waals surface area contributed by atoms with E-state index in [-0.39, 0.29) is 43.1 Å². The summed E-state index contributed by atoms with van der Waals surface area (Å²) >= 11 is 0. The molecule has 0 saturated carbocycles. The third-order valence-corrected chi connectivity index (χ3v) is 14.9. The van der Waals surface area contributed by atoms with Gasteiger partial charge in [-0.3, -0.25) is 37.4 Å². The lowest BCUT2D eigenvalue weighted by Crippen LogP contribution is -2.42. The lowest BCUT2D eigenvalue weighted by Gasteiger charge is -2.31. The van der Waals surface area contributed by atoms with Gasteiger partial charge in [-0.1, -0.05) is 17.7 Å². The van der Waals surface area contributed by atoms with Crippen molar-refractivity contribution in [3.05, 3.63) is 28.8 Å². The molecule has 0 fully saturated rings. The molecule has 1 aromatic carbocycles. The van der Waals surface area contributed by atoms with Crippen LogP contribution in [-0.2, 0) is 50.5 Å². The first-order valence-corrected chi connectivity index (χ1v) is 21.2. The lowest BCUT2D eigenvalue weighted by atomic mass is 10.0. The van der Waals surface area contributed by atoms with Crippen molar-refractivity contribution in [2.45, 2.75) is 58.5 Å². The van der Waals surface area contributed by atoms with E-state index in [9.17, 15) is 81.7 Å². The van der Waals surface area contributed by atoms with Crippen molar-refractivity contribution in [3.8, 4) is 5.75 Å². The smallest absolute Gasteiger partial charge is 0.342 e. The molecule has 0 atom stereocenters. The summed E-state index contributed by atoms with van der Waals surface area (Å²) in [6, 6.07) is 3.02. The summed E-state index contributed by atoms with van der Waals surface area (Å²) in [6.45, 7) is 1.94. The first-order chi connectivity index (χ1) is 22.5. The third-order valence-electron chi connectivity index (χ3n) is 7.52. The molecule has 0 aromatic heterocycles. The second kappa shape index (κ2) is 17.8. The fraction of sp³-hybridized carbons (Fsp3) is 0.600. The molecule has 0 spiro atoms. The standard InChI is InChI=1S/C25H44N4O17P4/c1-16-10-21(12-26(17(2)30)6-8-28(19(4)32)14-23(47(35,36)37)48(38,39)40)25(34)22(11-16)13-27(18(3)31)7-9-29(20(5)33)15-24(49(41,42)43)50(44,45)46/h10-11,23-24,34H,6-9,12-15H2,1-5H3,(H2,35,36,37)(H2,38,39,40)(H2,41,42,43)(H2,44,45,46). The number of aromatic hydroxyl groups is 1. The molecule has 4 amide bonds. The second-order valence-corrected chi connectivity index (χ2v) is 19.6.